The summed E-state index contributed by atoms with van der Waals surface area (Å²) in [7, 11) is 5.17. The molecule has 0 saturated heterocycles. The molecular weight excluding hydrogens is 416 g/mol. The summed E-state index contributed by atoms with van der Waals surface area (Å²) in [5, 5.41) is 6.16. The minimum atomic E-state index is -0.306. The number of benzene rings is 2. The number of nitrogens with one attached hydrogen (secondary N) is 2. The van der Waals surface area contributed by atoms with E-state index in [0.29, 0.717) is 28.6 Å². The fourth-order valence-electron chi connectivity index (χ4n) is 3.11. The summed E-state index contributed by atoms with van der Waals surface area (Å²) < 4.78 is 7.27. The highest BCUT2D eigenvalue weighted by atomic mass is 35.5. The Balaban J connectivity index is 1.70. The number of amides is 2. The van der Waals surface area contributed by atoms with E-state index in [1.807, 2.05) is 67.5 Å². The average molecular weight is 441 g/mol. The number of anilines is 1. The monoisotopic (exact) mass is 440 g/mol. The number of rotatable bonds is 8. The number of ether oxygens (including phenoxy) is 1. The van der Waals surface area contributed by atoms with E-state index < -0.39 is 0 Å². The van der Waals surface area contributed by atoms with Crippen molar-refractivity contribution in [3.05, 3.63) is 77.1 Å². The lowest BCUT2D eigenvalue weighted by Gasteiger charge is -2.14. The number of halogens is 1. The van der Waals surface area contributed by atoms with Crippen molar-refractivity contribution in [1.82, 2.24) is 14.8 Å². The summed E-state index contributed by atoms with van der Waals surface area (Å²) in [5.74, 6) is 0.0171. The van der Waals surface area contributed by atoms with Crippen LogP contribution in [0.2, 0.25) is 5.02 Å². The first-order valence-corrected chi connectivity index (χ1v) is 10.1. The van der Waals surface area contributed by atoms with E-state index in [1.54, 1.807) is 17.0 Å². The second-order valence-corrected chi connectivity index (χ2v) is 7.67. The molecule has 1 heterocycles. The molecule has 3 aromatic rings. The van der Waals surface area contributed by atoms with Gasteiger partial charge in [0.2, 0.25) is 5.91 Å². The number of carbonyl (C=O) groups excluding carboxylic acids is 2. The minimum absolute atomic E-state index is 0.103. The highest BCUT2D eigenvalue weighted by Crippen LogP contribution is 2.30. The van der Waals surface area contributed by atoms with Crippen molar-refractivity contribution >= 4 is 29.1 Å². The van der Waals surface area contributed by atoms with Crippen molar-refractivity contribution in [2.75, 3.05) is 33.1 Å². The van der Waals surface area contributed by atoms with Crippen LogP contribution in [0.5, 0.6) is 5.75 Å². The van der Waals surface area contributed by atoms with Crippen LogP contribution in [0.3, 0.4) is 0 Å². The van der Waals surface area contributed by atoms with Crippen LogP contribution in [-0.2, 0) is 11.3 Å². The van der Waals surface area contributed by atoms with Crippen molar-refractivity contribution in [3.8, 4) is 11.4 Å². The molecule has 0 spiro atoms. The van der Waals surface area contributed by atoms with Crippen LogP contribution in [0, 0.1) is 0 Å². The number of aromatic nitrogens is 1. The van der Waals surface area contributed by atoms with Crippen LogP contribution in [0.1, 0.15) is 15.9 Å². The number of methoxy groups -OCH3 is 1. The van der Waals surface area contributed by atoms with E-state index >= 15 is 0 Å². The van der Waals surface area contributed by atoms with Gasteiger partial charge in [-0.2, -0.15) is 0 Å². The third-order valence-electron chi connectivity index (χ3n) is 4.52. The lowest BCUT2D eigenvalue weighted by molar-refractivity contribution is -0.116. The molecule has 2 aromatic carbocycles. The number of likely N-dealkylation sites (N-methyl/N-ethyl adjacent to an activating group) is 1. The third kappa shape index (κ3) is 5.87. The van der Waals surface area contributed by atoms with Crippen LogP contribution in [0.15, 0.2) is 60.9 Å². The maximum absolute atomic E-state index is 12.8. The second kappa shape index (κ2) is 10.1. The number of hydrogen-bond acceptors (Lipinski definition) is 4. The molecule has 2 N–H and O–H groups in total. The summed E-state index contributed by atoms with van der Waals surface area (Å²) in [5.41, 5.74) is 2.60. The predicted molar refractivity (Wildman–Crippen MR) is 122 cm³/mol. The van der Waals surface area contributed by atoms with E-state index in [0.717, 1.165) is 11.3 Å². The molecule has 0 unspecified atom stereocenters. The smallest absolute Gasteiger partial charge is 0.255 e. The quantitative estimate of drug-likeness (QED) is 0.561. The standard InChI is InChI=1S/C23H25ClN4O3/c1-27(2)15-22(29)26-17-8-6-7-16(11-17)14-25-23(30)18-12-19(24)20(13-21(18)31-3)28-9-4-5-10-28/h4-13H,14-15H2,1-3H3,(H,25,30)(H,26,29). The normalized spacial score (nSPS) is 10.7. The SMILES string of the molecule is COc1cc(-n2cccc2)c(Cl)cc1C(=O)NCc1cccc(NC(=O)CN(C)C)c1. The zero-order valence-electron chi connectivity index (χ0n) is 17.7. The van der Waals surface area contributed by atoms with Crippen molar-refractivity contribution in [3.63, 3.8) is 0 Å². The molecular formula is C23H25ClN4O3. The number of hydrogen-bond donors (Lipinski definition) is 2. The van der Waals surface area contributed by atoms with Gasteiger partial charge in [-0.25, -0.2) is 0 Å². The average Bonchev–Trinajstić information content (AvgIpc) is 3.26. The third-order valence-corrected chi connectivity index (χ3v) is 4.82. The van der Waals surface area contributed by atoms with Gasteiger partial charge < -0.3 is 24.8 Å². The Morgan fingerprint density at radius 2 is 1.84 bits per heavy atom. The Bertz CT molecular complexity index is 1060. The Morgan fingerprint density at radius 1 is 1.10 bits per heavy atom. The summed E-state index contributed by atoms with van der Waals surface area (Å²) in [6.07, 6.45) is 3.73. The van der Waals surface area contributed by atoms with Gasteiger partial charge in [0.15, 0.2) is 0 Å². The van der Waals surface area contributed by atoms with Crippen LogP contribution < -0.4 is 15.4 Å². The molecule has 1 aromatic heterocycles. The van der Waals surface area contributed by atoms with Gasteiger partial charge >= 0.3 is 0 Å². The molecule has 0 fully saturated rings. The number of nitrogens with zero attached hydrogens (tertiary/aromatic N) is 2. The molecule has 8 heteroatoms. The molecule has 0 aliphatic rings. The maximum atomic E-state index is 12.8. The van der Waals surface area contributed by atoms with E-state index in [2.05, 4.69) is 10.6 Å². The highest BCUT2D eigenvalue weighted by Gasteiger charge is 2.16. The molecule has 0 radical (unpaired) electrons. The molecule has 0 atom stereocenters. The number of carbonyl (C=O) groups is 2. The van der Waals surface area contributed by atoms with E-state index in [4.69, 9.17) is 16.3 Å². The molecule has 3 rings (SSSR count). The summed E-state index contributed by atoms with van der Waals surface area (Å²) in [4.78, 5) is 26.5. The fraction of sp³-hybridized carbons (Fsp3) is 0.217. The van der Waals surface area contributed by atoms with E-state index in [9.17, 15) is 9.59 Å². The van der Waals surface area contributed by atoms with Crippen LogP contribution in [-0.4, -0.2) is 49.0 Å². The zero-order valence-corrected chi connectivity index (χ0v) is 18.4. The van der Waals surface area contributed by atoms with Crippen molar-refractivity contribution in [2.45, 2.75) is 6.54 Å². The minimum Gasteiger partial charge on any atom is -0.496 e. The first kappa shape index (κ1) is 22.4. The van der Waals surface area contributed by atoms with Gasteiger partial charge in [0, 0.05) is 30.7 Å². The van der Waals surface area contributed by atoms with Gasteiger partial charge in [0.25, 0.3) is 5.91 Å². The predicted octanol–water partition coefficient (Wildman–Crippen LogP) is 3.57. The molecule has 31 heavy (non-hydrogen) atoms. The molecule has 7 nitrogen and oxygen atoms in total. The first-order chi connectivity index (χ1) is 14.9. The molecule has 162 valence electrons. The maximum Gasteiger partial charge on any atom is 0.255 e. The van der Waals surface area contributed by atoms with Crippen LogP contribution in [0.4, 0.5) is 5.69 Å². The van der Waals surface area contributed by atoms with Gasteiger partial charge in [-0.1, -0.05) is 23.7 Å². The summed E-state index contributed by atoms with van der Waals surface area (Å²) in [6.45, 7) is 0.580. The van der Waals surface area contributed by atoms with Gasteiger partial charge in [-0.05, 0) is 50.0 Å². The second-order valence-electron chi connectivity index (χ2n) is 7.26. The summed E-state index contributed by atoms with van der Waals surface area (Å²) >= 11 is 6.42. The van der Waals surface area contributed by atoms with Gasteiger partial charge in [0.1, 0.15) is 5.75 Å². The molecule has 0 bridgehead atoms. The lowest BCUT2D eigenvalue weighted by Crippen LogP contribution is -2.27. The van der Waals surface area contributed by atoms with Gasteiger partial charge in [0.05, 0.1) is 29.9 Å². The van der Waals surface area contributed by atoms with Crippen LogP contribution >= 0.6 is 11.6 Å². The Hall–Kier alpha value is -3.29. The Labute approximate surface area is 186 Å². The Morgan fingerprint density at radius 3 is 2.52 bits per heavy atom. The van der Waals surface area contributed by atoms with Crippen molar-refractivity contribution in [1.29, 1.82) is 0 Å². The van der Waals surface area contributed by atoms with E-state index in [1.165, 1.54) is 7.11 Å². The molecule has 2 amide bonds. The van der Waals surface area contributed by atoms with Gasteiger partial charge in [-0.3, -0.25) is 9.59 Å². The fourth-order valence-corrected chi connectivity index (χ4v) is 3.37. The van der Waals surface area contributed by atoms with E-state index in [-0.39, 0.29) is 18.4 Å². The van der Waals surface area contributed by atoms with Crippen molar-refractivity contribution in [2.24, 2.45) is 0 Å². The van der Waals surface area contributed by atoms with Crippen LogP contribution in [0.25, 0.3) is 5.69 Å². The first-order valence-electron chi connectivity index (χ1n) is 9.70. The topological polar surface area (TPSA) is 75.6 Å². The largest absolute Gasteiger partial charge is 0.496 e. The molecule has 0 aliphatic heterocycles. The Kier molecular flexibility index (Phi) is 7.33. The van der Waals surface area contributed by atoms with Gasteiger partial charge in [-0.15, -0.1) is 0 Å². The zero-order chi connectivity index (χ0) is 22.4. The molecule has 0 saturated carbocycles. The highest BCUT2D eigenvalue weighted by molar-refractivity contribution is 6.33. The van der Waals surface area contributed by atoms with Crippen molar-refractivity contribution < 1.29 is 14.3 Å². The summed E-state index contributed by atoms with van der Waals surface area (Å²) in [6, 6.07) is 14.5. The molecule has 0 aliphatic carbocycles. The lowest BCUT2D eigenvalue weighted by atomic mass is 10.1.